The Morgan fingerprint density at radius 2 is 2.19 bits per heavy atom. The molecule has 88 valence electrons. The summed E-state index contributed by atoms with van der Waals surface area (Å²) in [6.45, 7) is 0. The third-order valence-electron chi connectivity index (χ3n) is 1.98. The summed E-state index contributed by atoms with van der Waals surface area (Å²) in [5.74, 6) is 0.953. The highest BCUT2D eigenvalue weighted by Crippen LogP contribution is 2.29. The maximum absolute atomic E-state index is 11.5. The van der Waals surface area contributed by atoms with Crippen LogP contribution in [-0.4, -0.2) is 17.9 Å². The molecule has 1 aromatic carbocycles. The van der Waals surface area contributed by atoms with E-state index < -0.39 is 0 Å². The Labute approximate surface area is 110 Å². The van der Waals surface area contributed by atoms with Crippen LogP contribution in [0.25, 0.3) is 0 Å². The lowest BCUT2D eigenvalue weighted by molar-refractivity contribution is -0.116. The van der Waals surface area contributed by atoms with Crippen molar-refractivity contribution in [3.05, 3.63) is 28.2 Å². The Kier molecular flexibility index (Phi) is 6.03. The quantitative estimate of drug-likeness (QED) is 0.822. The molecular weight excluding hydrogens is 265 g/mol. The van der Waals surface area contributed by atoms with Crippen LogP contribution >= 0.6 is 35.0 Å². The number of halogens is 2. The van der Waals surface area contributed by atoms with Gasteiger partial charge in [-0.05, 0) is 30.6 Å². The van der Waals surface area contributed by atoms with Crippen molar-refractivity contribution in [2.24, 2.45) is 0 Å². The van der Waals surface area contributed by atoms with Crippen molar-refractivity contribution >= 4 is 46.6 Å². The van der Waals surface area contributed by atoms with Crippen LogP contribution in [0, 0.1) is 0 Å². The Bertz CT molecular complexity index is 371. The van der Waals surface area contributed by atoms with Crippen LogP contribution < -0.4 is 5.32 Å². The second-order valence-electron chi connectivity index (χ2n) is 3.25. The van der Waals surface area contributed by atoms with Gasteiger partial charge in [-0.3, -0.25) is 4.79 Å². The Balaban J connectivity index is 2.53. The summed E-state index contributed by atoms with van der Waals surface area (Å²) in [6.07, 6.45) is 3.39. The number of amides is 1. The maximum Gasteiger partial charge on any atom is 0.224 e. The molecule has 0 saturated carbocycles. The topological polar surface area (TPSA) is 29.1 Å². The molecule has 5 heteroatoms. The number of carbonyl (C=O) groups excluding carboxylic acids is 1. The SMILES string of the molecule is CSCCCC(=O)Nc1cccc(Cl)c1Cl. The highest BCUT2D eigenvalue weighted by atomic mass is 35.5. The van der Waals surface area contributed by atoms with E-state index in [-0.39, 0.29) is 5.91 Å². The van der Waals surface area contributed by atoms with Crippen molar-refractivity contribution in [3.63, 3.8) is 0 Å². The van der Waals surface area contributed by atoms with Crippen molar-refractivity contribution in [2.75, 3.05) is 17.3 Å². The molecule has 1 rings (SSSR count). The lowest BCUT2D eigenvalue weighted by Gasteiger charge is -2.07. The number of nitrogens with one attached hydrogen (secondary N) is 1. The molecule has 1 aromatic rings. The molecule has 0 aliphatic heterocycles. The minimum absolute atomic E-state index is 0.0294. The Morgan fingerprint density at radius 1 is 1.44 bits per heavy atom. The van der Waals surface area contributed by atoms with E-state index in [9.17, 15) is 4.79 Å². The molecule has 1 amide bonds. The standard InChI is InChI=1S/C11H13Cl2NOS/c1-16-7-3-6-10(15)14-9-5-2-4-8(12)11(9)13/h2,4-5H,3,6-7H2,1H3,(H,14,15). The summed E-state index contributed by atoms with van der Waals surface area (Å²) >= 11 is 13.5. The number of benzene rings is 1. The number of hydrogen-bond donors (Lipinski definition) is 1. The van der Waals surface area contributed by atoms with Gasteiger partial charge in [0.2, 0.25) is 5.91 Å². The minimum atomic E-state index is -0.0294. The highest BCUT2D eigenvalue weighted by Gasteiger charge is 2.07. The first-order valence-electron chi connectivity index (χ1n) is 4.88. The number of anilines is 1. The lowest BCUT2D eigenvalue weighted by Crippen LogP contribution is -2.11. The van der Waals surface area contributed by atoms with Crippen LogP contribution in [0.15, 0.2) is 18.2 Å². The normalized spacial score (nSPS) is 10.2. The van der Waals surface area contributed by atoms with Crippen LogP contribution in [0.2, 0.25) is 10.0 Å². The van der Waals surface area contributed by atoms with Gasteiger partial charge in [0.15, 0.2) is 0 Å². The Hall–Kier alpha value is -0.380. The largest absolute Gasteiger partial charge is 0.325 e. The zero-order chi connectivity index (χ0) is 12.0. The van der Waals surface area contributed by atoms with Crippen molar-refractivity contribution in [3.8, 4) is 0 Å². The van der Waals surface area contributed by atoms with E-state index in [0.29, 0.717) is 22.2 Å². The van der Waals surface area contributed by atoms with Gasteiger partial charge in [-0.2, -0.15) is 11.8 Å². The zero-order valence-corrected chi connectivity index (χ0v) is 11.3. The molecule has 0 aliphatic carbocycles. The molecule has 16 heavy (non-hydrogen) atoms. The number of rotatable bonds is 5. The smallest absolute Gasteiger partial charge is 0.224 e. The van der Waals surface area contributed by atoms with Crippen LogP contribution in [0.4, 0.5) is 5.69 Å². The fourth-order valence-electron chi connectivity index (χ4n) is 1.19. The molecule has 0 fully saturated rings. The maximum atomic E-state index is 11.5. The van der Waals surface area contributed by atoms with Gasteiger partial charge in [0.25, 0.3) is 0 Å². The predicted octanol–water partition coefficient (Wildman–Crippen LogP) is 4.08. The molecule has 0 aliphatic rings. The van der Waals surface area contributed by atoms with E-state index in [1.807, 2.05) is 6.26 Å². The van der Waals surface area contributed by atoms with E-state index in [4.69, 9.17) is 23.2 Å². The third kappa shape index (κ3) is 4.24. The first-order chi connectivity index (χ1) is 7.65. The third-order valence-corrected chi connectivity index (χ3v) is 3.49. The lowest BCUT2D eigenvalue weighted by atomic mass is 10.3. The fourth-order valence-corrected chi connectivity index (χ4v) is 1.97. The van der Waals surface area contributed by atoms with E-state index >= 15 is 0 Å². The molecule has 0 unspecified atom stereocenters. The van der Waals surface area contributed by atoms with Gasteiger partial charge in [-0.25, -0.2) is 0 Å². The molecule has 0 heterocycles. The highest BCUT2D eigenvalue weighted by molar-refractivity contribution is 7.98. The molecule has 2 nitrogen and oxygen atoms in total. The number of hydrogen-bond acceptors (Lipinski definition) is 2. The van der Waals surface area contributed by atoms with Gasteiger partial charge in [0, 0.05) is 6.42 Å². The molecule has 0 radical (unpaired) electrons. The summed E-state index contributed by atoms with van der Waals surface area (Å²) in [5, 5.41) is 3.58. The molecule has 0 atom stereocenters. The van der Waals surface area contributed by atoms with Crippen molar-refractivity contribution in [1.29, 1.82) is 0 Å². The first kappa shape index (κ1) is 13.7. The average Bonchev–Trinajstić information content (AvgIpc) is 2.25. The van der Waals surface area contributed by atoms with Gasteiger partial charge >= 0.3 is 0 Å². The van der Waals surface area contributed by atoms with E-state index in [2.05, 4.69) is 5.32 Å². The average molecular weight is 278 g/mol. The fraction of sp³-hybridized carbons (Fsp3) is 0.364. The summed E-state index contributed by atoms with van der Waals surface area (Å²) in [7, 11) is 0. The zero-order valence-electron chi connectivity index (χ0n) is 8.93. The van der Waals surface area contributed by atoms with Crippen LogP contribution in [-0.2, 0) is 4.79 Å². The predicted molar refractivity (Wildman–Crippen MR) is 72.7 cm³/mol. The summed E-state index contributed by atoms with van der Waals surface area (Å²) in [4.78, 5) is 11.5. The van der Waals surface area contributed by atoms with Gasteiger partial charge in [-0.1, -0.05) is 29.3 Å². The van der Waals surface area contributed by atoms with Crippen LogP contribution in [0.5, 0.6) is 0 Å². The molecular formula is C11H13Cl2NOS. The minimum Gasteiger partial charge on any atom is -0.325 e. The molecule has 0 bridgehead atoms. The van der Waals surface area contributed by atoms with E-state index in [1.54, 1.807) is 30.0 Å². The van der Waals surface area contributed by atoms with E-state index in [0.717, 1.165) is 12.2 Å². The Morgan fingerprint density at radius 3 is 2.88 bits per heavy atom. The van der Waals surface area contributed by atoms with Gasteiger partial charge in [-0.15, -0.1) is 0 Å². The molecule has 1 N–H and O–H groups in total. The number of carbonyl (C=O) groups is 1. The van der Waals surface area contributed by atoms with Crippen LogP contribution in [0.1, 0.15) is 12.8 Å². The van der Waals surface area contributed by atoms with Crippen molar-refractivity contribution in [2.45, 2.75) is 12.8 Å². The summed E-state index contributed by atoms with van der Waals surface area (Å²) in [5.41, 5.74) is 0.573. The summed E-state index contributed by atoms with van der Waals surface area (Å²) in [6, 6.07) is 5.18. The molecule has 0 spiro atoms. The second kappa shape index (κ2) is 7.05. The number of thioether (sulfide) groups is 1. The van der Waals surface area contributed by atoms with E-state index in [1.165, 1.54) is 0 Å². The van der Waals surface area contributed by atoms with Gasteiger partial charge in [0.05, 0.1) is 15.7 Å². The van der Waals surface area contributed by atoms with Crippen molar-refractivity contribution < 1.29 is 4.79 Å². The van der Waals surface area contributed by atoms with Gasteiger partial charge in [0.1, 0.15) is 0 Å². The first-order valence-corrected chi connectivity index (χ1v) is 7.03. The second-order valence-corrected chi connectivity index (χ2v) is 5.02. The monoisotopic (exact) mass is 277 g/mol. The van der Waals surface area contributed by atoms with Crippen LogP contribution in [0.3, 0.4) is 0 Å². The van der Waals surface area contributed by atoms with Crippen molar-refractivity contribution in [1.82, 2.24) is 0 Å². The van der Waals surface area contributed by atoms with Gasteiger partial charge < -0.3 is 5.32 Å². The summed E-state index contributed by atoms with van der Waals surface area (Å²) < 4.78 is 0. The molecule has 0 aromatic heterocycles. The molecule has 0 saturated heterocycles.